The highest BCUT2D eigenvalue weighted by molar-refractivity contribution is 8.00. The molecule has 0 aromatic heterocycles. The van der Waals surface area contributed by atoms with Crippen LogP contribution in [0.5, 0.6) is 0 Å². The van der Waals surface area contributed by atoms with Crippen LogP contribution in [0.15, 0.2) is 24.3 Å². The molecule has 1 heterocycles. The van der Waals surface area contributed by atoms with Crippen molar-refractivity contribution in [2.24, 2.45) is 5.73 Å². The van der Waals surface area contributed by atoms with E-state index >= 15 is 0 Å². The molecule has 3 N–H and O–H groups in total. The second-order valence-corrected chi connectivity index (χ2v) is 5.79. The maximum Gasteiger partial charge on any atom is 0.327 e. The highest BCUT2D eigenvalue weighted by atomic mass is 32.2. The molecule has 0 bridgehead atoms. The summed E-state index contributed by atoms with van der Waals surface area (Å²) in [6.45, 7) is 1.78. The Kier molecular flexibility index (Phi) is 3.99. The maximum absolute atomic E-state index is 12.4. The Labute approximate surface area is 119 Å². The van der Waals surface area contributed by atoms with E-state index in [1.54, 1.807) is 19.1 Å². The van der Waals surface area contributed by atoms with Gasteiger partial charge < -0.3 is 15.7 Å². The van der Waals surface area contributed by atoms with Gasteiger partial charge in [0, 0.05) is 16.9 Å². The monoisotopic (exact) mass is 294 g/mol. The number of primary amides is 1. The summed E-state index contributed by atoms with van der Waals surface area (Å²) < 4.78 is 0. The van der Waals surface area contributed by atoms with Gasteiger partial charge in [0.25, 0.3) is 5.91 Å². The van der Waals surface area contributed by atoms with Crippen molar-refractivity contribution in [2.75, 3.05) is 5.75 Å². The van der Waals surface area contributed by atoms with Gasteiger partial charge in [0.2, 0.25) is 5.91 Å². The Hall–Kier alpha value is -2.02. The fraction of sp³-hybridized carbons (Fsp3) is 0.308. The van der Waals surface area contributed by atoms with Crippen molar-refractivity contribution in [3.8, 4) is 0 Å². The molecule has 1 saturated heterocycles. The third-order valence-electron chi connectivity index (χ3n) is 3.14. The van der Waals surface area contributed by atoms with Crippen LogP contribution >= 0.6 is 11.8 Å². The predicted octanol–water partition coefficient (Wildman–Crippen LogP) is 0.774. The summed E-state index contributed by atoms with van der Waals surface area (Å²) in [7, 11) is 0. The minimum absolute atomic E-state index is 0.221. The van der Waals surface area contributed by atoms with Crippen molar-refractivity contribution in [1.29, 1.82) is 0 Å². The van der Waals surface area contributed by atoms with Crippen LogP contribution in [0.25, 0.3) is 0 Å². The van der Waals surface area contributed by atoms with Gasteiger partial charge in [0.05, 0.1) is 5.37 Å². The molecule has 2 unspecified atom stereocenters. The van der Waals surface area contributed by atoms with E-state index in [-0.39, 0.29) is 16.5 Å². The fourth-order valence-electron chi connectivity index (χ4n) is 2.10. The Morgan fingerprint density at radius 3 is 2.60 bits per heavy atom. The van der Waals surface area contributed by atoms with Gasteiger partial charge in [-0.2, -0.15) is 0 Å². The lowest BCUT2D eigenvalue weighted by Gasteiger charge is -2.25. The quantitative estimate of drug-likeness (QED) is 0.857. The first-order valence-corrected chi connectivity index (χ1v) is 7.03. The molecule has 7 heteroatoms. The average molecular weight is 294 g/mol. The van der Waals surface area contributed by atoms with Crippen molar-refractivity contribution in [3.05, 3.63) is 35.4 Å². The zero-order valence-corrected chi connectivity index (χ0v) is 11.6. The molecule has 2 rings (SSSR count). The minimum Gasteiger partial charge on any atom is -0.480 e. The molecule has 0 aliphatic carbocycles. The Morgan fingerprint density at radius 2 is 2.00 bits per heavy atom. The average Bonchev–Trinajstić information content (AvgIpc) is 2.80. The molecule has 106 valence electrons. The Bertz CT molecular complexity index is 575. The first-order chi connectivity index (χ1) is 9.41. The standard InChI is InChI=1S/C13H14N2O4S/c1-7-15(10(6-20-7)13(18)19)12(17)9-4-2-3-8(5-9)11(14)16/h2-5,7,10H,6H2,1H3,(H2,14,16)(H,18,19). The molecule has 20 heavy (non-hydrogen) atoms. The van der Waals surface area contributed by atoms with E-state index in [4.69, 9.17) is 10.8 Å². The number of amides is 2. The van der Waals surface area contributed by atoms with Gasteiger partial charge in [0.1, 0.15) is 6.04 Å². The fourth-order valence-corrected chi connectivity index (χ4v) is 3.26. The number of nitrogens with zero attached hydrogens (tertiary/aromatic N) is 1. The lowest BCUT2D eigenvalue weighted by Crippen LogP contribution is -2.44. The first kappa shape index (κ1) is 14.4. The van der Waals surface area contributed by atoms with Crippen LogP contribution in [-0.2, 0) is 4.79 Å². The van der Waals surface area contributed by atoms with Gasteiger partial charge in [-0.15, -0.1) is 11.8 Å². The van der Waals surface area contributed by atoms with Gasteiger partial charge in [-0.3, -0.25) is 9.59 Å². The summed E-state index contributed by atoms with van der Waals surface area (Å²) in [5, 5.41) is 8.94. The van der Waals surface area contributed by atoms with Crippen LogP contribution in [0.1, 0.15) is 27.6 Å². The van der Waals surface area contributed by atoms with Gasteiger partial charge >= 0.3 is 5.97 Å². The number of benzene rings is 1. The van der Waals surface area contributed by atoms with E-state index in [0.29, 0.717) is 5.75 Å². The van der Waals surface area contributed by atoms with Crippen molar-refractivity contribution in [2.45, 2.75) is 18.3 Å². The largest absolute Gasteiger partial charge is 0.480 e. The zero-order chi connectivity index (χ0) is 14.9. The SMILES string of the molecule is CC1SCC(C(=O)O)N1C(=O)c1cccc(C(N)=O)c1. The smallest absolute Gasteiger partial charge is 0.327 e. The summed E-state index contributed by atoms with van der Waals surface area (Å²) >= 11 is 1.41. The second kappa shape index (κ2) is 5.54. The molecule has 1 fully saturated rings. The van der Waals surface area contributed by atoms with Crippen LogP contribution in [0.4, 0.5) is 0 Å². The molecule has 6 nitrogen and oxygen atoms in total. The van der Waals surface area contributed by atoms with Crippen LogP contribution in [0, 0.1) is 0 Å². The third kappa shape index (κ3) is 2.62. The van der Waals surface area contributed by atoms with Crippen LogP contribution in [0.2, 0.25) is 0 Å². The summed E-state index contributed by atoms with van der Waals surface area (Å²) in [6, 6.07) is 5.15. The molecular weight excluding hydrogens is 280 g/mol. The van der Waals surface area contributed by atoms with Gasteiger partial charge in [-0.25, -0.2) is 4.79 Å². The van der Waals surface area contributed by atoms with E-state index < -0.39 is 23.8 Å². The molecule has 1 aliphatic rings. The topological polar surface area (TPSA) is 101 Å². The number of nitrogens with two attached hydrogens (primary N) is 1. The molecule has 1 aromatic carbocycles. The predicted molar refractivity (Wildman–Crippen MR) is 74.5 cm³/mol. The van der Waals surface area contributed by atoms with E-state index in [0.717, 1.165) is 0 Å². The Balaban J connectivity index is 2.32. The lowest BCUT2D eigenvalue weighted by molar-refractivity contribution is -0.141. The second-order valence-electron chi connectivity index (χ2n) is 4.44. The summed E-state index contributed by atoms with van der Waals surface area (Å²) in [4.78, 5) is 36.1. The number of carbonyl (C=O) groups excluding carboxylic acids is 2. The van der Waals surface area contributed by atoms with E-state index in [1.807, 2.05) is 0 Å². The minimum atomic E-state index is -1.03. The van der Waals surface area contributed by atoms with E-state index in [9.17, 15) is 14.4 Å². The summed E-state index contributed by atoms with van der Waals surface area (Å²) in [6.07, 6.45) is 0. The number of thioether (sulfide) groups is 1. The van der Waals surface area contributed by atoms with Crippen LogP contribution in [-0.4, -0.2) is 45.0 Å². The number of aliphatic carboxylic acids is 1. The summed E-state index contributed by atoms with van der Waals surface area (Å²) in [5.74, 6) is -1.70. The van der Waals surface area contributed by atoms with Gasteiger partial charge in [-0.05, 0) is 25.1 Å². The van der Waals surface area contributed by atoms with Crippen molar-refractivity contribution in [1.82, 2.24) is 4.90 Å². The van der Waals surface area contributed by atoms with E-state index in [1.165, 1.54) is 28.8 Å². The highest BCUT2D eigenvalue weighted by Gasteiger charge is 2.39. The van der Waals surface area contributed by atoms with Crippen molar-refractivity contribution >= 4 is 29.5 Å². The number of carboxylic acid groups (broad SMARTS) is 1. The van der Waals surface area contributed by atoms with E-state index in [2.05, 4.69) is 0 Å². The number of hydrogen-bond acceptors (Lipinski definition) is 4. The van der Waals surface area contributed by atoms with Crippen molar-refractivity contribution < 1.29 is 19.5 Å². The lowest BCUT2D eigenvalue weighted by atomic mass is 10.1. The molecule has 0 spiro atoms. The van der Waals surface area contributed by atoms with Crippen LogP contribution in [0.3, 0.4) is 0 Å². The molecule has 2 atom stereocenters. The molecule has 2 amide bonds. The first-order valence-electron chi connectivity index (χ1n) is 5.98. The normalized spacial score (nSPS) is 21.8. The zero-order valence-electron chi connectivity index (χ0n) is 10.8. The van der Waals surface area contributed by atoms with Crippen molar-refractivity contribution in [3.63, 3.8) is 0 Å². The molecule has 0 saturated carbocycles. The number of carboxylic acids is 1. The number of hydrogen-bond donors (Lipinski definition) is 2. The number of rotatable bonds is 3. The Morgan fingerprint density at radius 1 is 1.35 bits per heavy atom. The van der Waals surface area contributed by atoms with Gasteiger partial charge in [0.15, 0.2) is 0 Å². The maximum atomic E-state index is 12.4. The molecule has 1 aromatic rings. The molecule has 1 aliphatic heterocycles. The van der Waals surface area contributed by atoms with Crippen LogP contribution < -0.4 is 5.73 Å². The molecular formula is C13H14N2O4S. The summed E-state index contributed by atoms with van der Waals surface area (Å²) in [5.41, 5.74) is 5.67. The van der Waals surface area contributed by atoms with Gasteiger partial charge in [-0.1, -0.05) is 6.07 Å². The molecule has 0 radical (unpaired) electrons. The number of carbonyl (C=O) groups is 3. The highest BCUT2D eigenvalue weighted by Crippen LogP contribution is 2.30. The third-order valence-corrected chi connectivity index (χ3v) is 4.35.